The Hall–Kier alpha value is -2.88. The van der Waals surface area contributed by atoms with Gasteiger partial charge in [0.2, 0.25) is 0 Å². The molecule has 2 aromatic carbocycles. The lowest BCUT2D eigenvalue weighted by Gasteiger charge is -2.17. The highest BCUT2D eigenvalue weighted by molar-refractivity contribution is 7.85. The molecule has 0 radical (unpaired) electrons. The van der Waals surface area contributed by atoms with E-state index in [0.29, 0.717) is 33.4 Å². The molecule has 1 aromatic heterocycles. The fourth-order valence-corrected chi connectivity index (χ4v) is 5.05. The molecule has 0 saturated carbocycles. The maximum Gasteiger partial charge on any atom is 0.358 e. The van der Waals surface area contributed by atoms with Crippen LogP contribution in [0.5, 0.6) is 5.75 Å². The number of methoxy groups -OCH3 is 1. The molecule has 3 rings (SSSR count). The van der Waals surface area contributed by atoms with Gasteiger partial charge in [-0.2, -0.15) is 8.42 Å². The van der Waals surface area contributed by atoms with Crippen molar-refractivity contribution in [1.29, 1.82) is 0 Å². The molecule has 0 atom stereocenters. The van der Waals surface area contributed by atoms with E-state index in [1.165, 1.54) is 0 Å². The molecule has 3 aromatic rings. The topological polar surface area (TPSA) is 96.7 Å². The van der Waals surface area contributed by atoms with Gasteiger partial charge < -0.3 is 14.0 Å². The van der Waals surface area contributed by atoms with E-state index in [1.54, 1.807) is 49.8 Å². The van der Waals surface area contributed by atoms with Gasteiger partial charge in [-0.15, -0.1) is 0 Å². The molecule has 0 fully saturated rings. The Morgan fingerprint density at radius 3 is 2.51 bits per heavy atom. The van der Waals surface area contributed by atoms with Crippen molar-refractivity contribution >= 4 is 27.7 Å². The largest absolute Gasteiger partial charge is 0.496 e. The molecular formula is C25H29ClN2O6S. The van der Waals surface area contributed by atoms with Crippen LogP contribution in [0.2, 0.25) is 5.02 Å². The lowest BCUT2D eigenvalue weighted by atomic mass is 10.1. The van der Waals surface area contributed by atoms with Crippen molar-refractivity contribution in [2.75, 3.05) is 13.7 Å². The Morgan fingerprint density at radius 2 is 1.89 bits per heavy atom. The number of esters is 1. The molecule has 0 aliphatic rings. The first-order chi connectivity index (χ1) is 16.6. The summed E-state index contributed by atoms with van der Waals surface area (Å²) < 4.78 is 43.6. The van der Waals surface area contributed by atoms with E-state index < -0.39 is 16.1 Å². The average molecular weight is 521 g/mol. The second-order valence-corrected chi connectivity index (χ2v) is 10.2. The summed E-state index contributed by atoms with van der Waals surface area (Å²) >= 11 is 5.98. The van der Waals surface area contributed by atoms with Crippen molar-refractivity contribution in [3.8, 4) is 17.1 Å². The normalized spacial score (nSPS) is 11.6. The first-order valence-electron chi connectivity index (χ1n) is 11.1. The monoisotopic (exact) mass is 520 g/mol. The summed E-state index contributed by atoms with van der Waals surface area (Å²) in [4.78, 5) is 17.3. The van der Waals surface area contributed by atoms with Gasteiger partial charge in [0, 0.05) is 11.1 Å². The van der Waals surface area contributed by atoms with Crippen LogP contribution in [0.25, 0.3) is 11.4 Å². The van der Waals surface area contributed by atoms with Crippen molar-refractivity contribution in [1.82, 2.24) is 9.55 Å². The number of para-hydroxylation sites is 1. The zero-order valence-corrected chi connectivity index (χ0v) is 21.9. The van der Waals surface area contributed by atoms with Gasteiger partial charge in [-0.05, 0) is 63.1 Å². The Balaban J connectivity index is 2.04. The van der Waals surface area contributed by atoms with Gasteiger partial charge in [0.05, 0.1) is 25.0 Å². The molecule has 10 heteroatoms. The summed E-state index contributed by atoms with van der Waals surface area (Å²) in [5, 5.41) is 0.522. The summed E-state index contributed by atoms with van der Waals surface area (Å²) in [6.07, 6.45) is 0. The van der Waals surface area contributed by atoms with E-state index >= 15 is 0 Å². The molecule has 0 aliphatic carbocycles. The van der Waals surface area contributed by atoms with Crippen LogP contribution in [0.4, 0.5) is 0 Å². The van der Waals surface area contributed by atoms with Crippen LogP contribution in [0.1, 0.15) is 54.1 Å². The number of carbonyl (C=O) groups is 1. The maximum atomic E-state index is 12.9. The number of rotatable bonds is 10. The van der Waals surface area contributed by atoms with Gasteiger partial charge in [0.15, 0.2) is 5.69 Å². The molecule has 0 amide bonds. The van der Waals surface area contributed by atoms with Crippen molar-refractivity contribution in [2.45, 2.75) is 46.1 Å². The van der Waals surface area contributed by atoms with Crippen molar-refractivity contribution < 1.29 is 26.9 Å². The fourth-order valence-electron chi connectivity index (χ4n) is 3.74. The quantitative estimate of drug-likeness (QED) is 0.263. The molecule has 8 nitrogen and oxygen atoms in total. The highest BCUT2D eigenvalue weighted by atomic mass is 35.5. The predicted molar refractivity (Wildman–Crippen MR) is 134 cm³/mol. The highest BCUT2D eigenvalue weighted by Crippen LogP contribution is 2.33. The summed E-state index contributed by atoms with van der Waals surface area (Å²) in [5.41, 5.74) is 2.27. The van der Waals surface area contributed by atoms with E-state index in [4.69, 9.17) is 25.3 Å². The second-order valence-electron chi connectivity index (χ2n) is 8.15. The van der Waals surface area contributed by atoms with Gasteiger partial charge in [0.1, 0.15) is 23.9 Å². The van der Waals surface area contributed by atoms with E-state index in [1.807, 2.05) is 32.0 Å². The van der Waals surface area contributed by atoms with Gasteiger partial charge in [-0.1, -0.05) is 29.8 Å². The van der Waals surface area contributed by atoms with Gasteiger partial charge in [0.25, 0.3) is 10.1 Å². The molecular weight excluding hydrogens is 492 g/mol. The summed E-state index contributed by atoms with van der Waals surface area (Å²) in [5.74, 6) is 0.0191. The minimum Gasteiger partial charge on any atom is -0.496 e. The van der Waals surface area contributed by atoms with Gasteiger partial charge >= 0.3 is 5.97 Å². The molecule has 0 bridgehead atoms. The minimum atomic E-state index is -3.99. The first kappa shape index (κ1) is 26.7. The number of nitrogens with zero attached hydrogens (tertiary/aromatic N) is 2. The summed E-state index contributed by atoms with van der Waals surface area (Å²) in [6, 6.07) is 12.1. The highest BCUT2D eigenvalue weighted by Gasteiger charge is 2.28. The SMILES string of the molecule is CCOC(=O)c1nc(-c2ccccc2OC)n(C(C)C)c1COS(=O)(=O)Cc1ccc(Cl)cc1C. The number of carbonyl (C=O) groups excluding carboxylic acids is 1. The number of imidazole rings is 1. The zero-order valence-electron chi connectivity index (χ0n) is 20.4. The van der Waals surface area contributed by atoms with Gasteiger partial charge in [-0.3, -0.25) is 4.18 Å². The minimum absolute atomic E-state index is 0.000621. The third-order valence-corrected chi connectivity index (χ3v) is 6.73. The molecule has 0 N–H and O–H groups in total. The number of halogens is 1. The number of benzene rings is 2. The van der Waals surface area contributed by atoms with Crippen LogP contribution in [0.15, 0.2) is 42.5 Å². The van der Waals surface area contributed by atoms with E-state index in [-0.39, 0.29) is 30.7 Å². The Morgan fingerprint density at radius 1 is 1.17 bits per heavy atom. The third kappa shape index (κ3) is 6.22. The lowest BCUT2D eigenvalue weighted by molar-refractivity contribution is 0.0516. The zero-order chi connectivity index (χ0) is 25.8. The smallest absolute Gasteiger partial charge is 0.358 e. The third-order valence-electron chi connectivity index (χ3n) is 5.36. The number of aromatic nitrogens is 2. The molecule has 0 saturated heterocycles. The van der Waals surface area contributed by atoms with Crippen molar-refractivity contribution in [3.63, 3.8) is 0 Å². The van der Waals surface area contributed by atoms with Crippen LogP contribution < -0.4 is 4.74 Å². The van der Waals surface area contributed by atoms with Crippen molar-refractivity contribution in [2.24, 2.45) is 0 Å². The second kappa shape index (κ2) is 11.2. The van der Waals surface area contributed by atoms with Crippen LogP contribution in [0.3, 0.4) is 0 Å². The van der Waals surface area contributed by atoms with Crippen LogP contribution in [-0.4, -0.2) is 37.7 Å². The van der Waals surface area contributed by atoms with E-state index in [9.17, 15) is 13.2 Å². The standard InChI is InChI=1S/C25H29ClN2O6S/c1-6-33-25(29)23-21(14-34-35(30,31)15-18-11-12-19(26)13-17(18)4)28(16(2)3)24(27-23)20-9-7-8-10-22(20)32-5/h7-13,16H,6,14-15H2,1-5H3. The first-order valence-corrected chi connectivity index (χ1v) is 13.1. The van der Waals surface area contributed by atoms with Crippen LogP contribution >= 0.6 is 11.6 Å². The molecule has 0 spiro atoms. The van der Waals surface area contributed by atoms with Crippen molar-refractivity contribution in [3.05, 3.63) is 70.0 Å². The number of ether oxygens (including phenoxy) is 2. The molecule has 35 heavy (non-hydrogen) atoms. The van der Waals surface area contributed by atoms with E-state index in [2.05, 4.69) is 4.98 Å². The Bertz CT molecular complexity index is 1320. The van der Waals surface area contributed by atoms with Crippen LogP contribution in [-0.2, 0) is 31.4 Å². The predicted octanol–water partition coefficient (Wildman–Crippen LogP) is 5.32. The summed E-state index contributed by atoms with van der Waals surface area (Å²) in [7, 11) is -2.45. The summed E-state index contributed by atoms with van der Waals surface area (Å²) in [6.45, 7) is 7.04. The molecule has 0 unspecified atom stereocenters. The van der Waals surface area contributed by atoms with Crippen LogP contribution in [0, 0.1) is 6.92 Å². The van der Waals surface area contributed by atoms with E-state index in [0.717, 1.165) is 5.56 Å². The fraction of sp³-hybridized carbons (Fsp3) is 0.360. The molecule has 188 valence electrons. The number of hydrogen-bond acceptors (Lipinski definition) is 7. The Kier molecular flexibility index (Phi) is 8.58. The molecule has 0 aliphatic heterocycles. The average Bonchev–Trinajstić information content (AvgIpc) is 3.19. The molecule has 1 heterocycles. The Labute approximate surface area is 210 Å². The van der Waals surface area contributed by atoms with Gasteiger partial charge in [-0.25, -0.2) is 9.78 Å². The lowest BCUT2D eigenvalue weighted by Crippen LogP contribution is -2.16. The number of aryl methyl sites for hydroxylation is 1. The number of hydrogen-bond donors (Lipinski definition) is 0. The maximum absolute atomic E-state index is 12.9.